The number of thiophene rings is 1. The van der Waals surface area contributed by atoms with Crippen LogP contribution in [0.25, 0.3) is 21.2 Å². The Bertz CT molecular complexity index is 3090. The number of hydrogen-bond acceptors (Lipinski definition) is 11. The number of carbonyl (C=O) groups excluding carboxylic acids is 4. The van der Waals surface area contributed by atoms with Gasteiger partial charge in [0.15, 0.2) is 17.2 Å². The SMILES string of the molecule is CC1(C)C[C@@H](Nc2cccc(-c3sc(C(=O)O)c(OCC(=O)O)c3Cl)c2)CCN1S(=O)(=O)Cc1cccc(NC(=O)N2CCC[C@@H](c3ccc4c5c(cccc35)N(C3CCC(=O)NC3=O)C4=O)CC2)c1. The third kappa shape index (κ3) is 9.67. The third-order valence-electron chi connectivity index (χ3n) is 13.5. The molecule has 3 fully saturated rings. The Hall–Kier alpha value is -6.54. The molecular weight excluding hydrogens is 960 g/mol. The van der Waals surface area contributed by atoms with Crippen LogP contribution in [0.2, 0.25) is 5.02 Å². The van der Waals surface area contributed by atoms with E-state index in [1.54, 1.807) is 51.7 Å². The lowest BCUT2D eigenvalue weighted by Crippen LogP contribution is -2.55. The number of urea groups is 1. The molecule has 0 aliphatic carbocycles. The molecule has 4 aliphatic rings. The lowest BCUT2D eigenvalue weighted by Gasteiger charge is -2.45. The van der Waals surface area contributed by atoms with E-state index in [-0.39, 0.29) is 70.6 Å². The highest BCUT2D eigenvalue weighted by atomic mass is 35.5. The second-order valence-corrected chi connectivity index (χ2v) is 22.0. The number of amides is 5. The number of sulfonamides is 1. The molecule has 70 heavy (non-hydrogen) atoms. The van der Waals surface area contributed by atoms with Crippen LogP contribution in [0.1, 0.15) is 95.9 Å². The first-order valence-electron chi connectivity index (χ1n) is 23.0. The molecule has 5 aromatic rings. The van der Waals surface area contributed by atoms with Crippen molar-refractivity contribution >= 4 is 96.5 Å². The second-order valence-electron chi connectivity index (χ2n) is 18.7. The summed E-state index contributed by atoms with van der Waals surface area (Å²) in [4.78, 5) is 78.7. The van der Waals surface area contributed by atoms with Crippen molar-refractivity contribution in [3.8, 4) is 16.2 Å². The van der Waals surface area contributed by atoms with Crippen molar-refractivity contribution in [1.29, 1.82) is 0 Å². The van der Waals surface area contributed by atoms with E-state index in [4.69, 9.17) is 21.4 Å². The number of likely N-dealkylation sites (tertiary alicyclic amines) is 1. The summed E-state index contributed by atoms with van der Waals surface area (Å²) in [6.07, 6.45) is 3.62. The number of carboxylic acids is 2. The topological polar surface area (TPSA) is 232 Å². The highest BCUT2D eigenvalue weighted by Crippen LogP contribution is 2.47. The van der Waals surface area contributed by atoms with Gasteiger partial charge in [0, 0.05) is 60.0 Å². The zero-order valence-corrected chi connectivity index (χ0v) is 40.7. The van der Waals surface area contributed by atoms with Gasteiger partial charge in [0.1, 0.15) is 11.1 Å². The highest BCUT2D eigenvalue weighted by molar-refractivity contribution is 7.88. The molecule has 1 unspecified atom stereocenters. The molecule has 0 spiro atoms. The van der Waals surface area contributed by atoms with Gasteiger partial charge in [-0.15, -0.1) is 11.3 Å². The predicted octanol–water partition coefficient (Wildman–Crippen LogP) is 8.14. The number of benzene rings is 4. The molecule has 17 nitrogen and oxygen atoms in total. The number of halogens is 1. The van der Waals surface area contributed by atoms with Crippen molar-refractivity contribution in [1.82, 2.24) is 14.5 Å². The molecule has 4 aromatic carbocycles. The summed E-state index contributed by atoms with van der Waals surface area (Å²) in [6, 6.07) is 22.4. The van der Waals surface area contributed by atoms with Crippen molar-refractivity contribution in [2.24, 2.45) is 0 Å². The van der Waals surface area contributed by atoms with Gasteiger partial charge in [-0.25, -0.2) is 22.8 Å². The summed E-state index contributed by atoms with van der Waals surface area (Å²) >= 11 is 7.41. The fourth-order valence-electron chi connectivity index (χ4n) is 10.5. The Morgan fingerprint density at radius 1 is 0.914 bits per heavy atom. The largest absolute Gasteiger partial charge is 0.479 e. The maximum Gasteiger partial charge on any atom is 0.349 e. The van der Waals surface area contributed by atoms with Gasteiger partial charge in [-0.05, 0) is 117 Å². The number of nitrogens with zero attached hydrogens (tertiary/aromatic N) is 3. The first kappa shape index (κ1) is 48.5. The Morgan fingerprint density at radius 2 is 1.69 bits per heavy atom. The molecule has 366 valence electrons. The summed E-state index contributed by atoms with van der Waals surface area (Å²) in [5.74, 6) is -4.03. The molecule has 20 heteroatoms. The van der Waals surface area contributed by atoms with E-state index in [2.05, 4.69) is 16.0 Å². The molecule has 1 aromatic heterocycles. The number of aromatic carboxylic acids is 1. The number of aliphatic carboxylic acids is 1. The zero-order chi connectivity index (χ0) is 49.6. The summed E-state index contributed by atoms with van der Waals surface area (Å²) in [5, 5.41) is 29.4. The van der Waals surface area contributed by atoms with Gasteiger partial charge < -0.3 is 30.5 Å². The molecule has 5 amide bonds. The van der Waals surface area contributed by atoms with Gasteiger partial charge in [0.25, 0.3) is 5.91 Å². The maximum absolute atomic E-state index is 14.1. The molecule has 3 atom stereocenters. The normalized spacial score (nSPS) is 20.5. The summed E-state index contributed by atoms with van der Waals surface area (Å²) in [7, 11) is -3.82. The van der Waals surface area contributed by atoms with Crippen LogP contribution >= 0.6 is 22.9 Å². The minimum absolute atomic E-state index is 0.00302. The van der Waals surface area contributed by atoms with Crippen molar-refractivity contribution in [3.05, 3.63) is 105 Å². The van der Waals surface area contributed by atoms with E-state index in [1.807, 2.05) is 50.2 Å². The number of hydrogen-bond donors (Lipinski definition) is 5. The third-order valence-corrected chi connectivity index (χ3v) is 17.3. The molecule has 4 aliphatic heterocycles. The van der Waals surface area contributed by atoms with Crippen LogP contribution in [0.5, 0.6) is 5.75 Å². The van der Waals surface area contributed by atoms with Gasteiger partial charge in [-0.2, -0.15) is 4.31 Å². The molecule has 3 saturated heterocycles. The highest BCUT2D eigenvalue weighted by Gasteiger charge is 2.43. The van der Waals surface area contributed by atoms with Crippen LogP contribution in [0.15, 0.2) is 78.9 Å². The van der Waals surface area contributed by atoms with Gasteiger partial charge in [0.2, 0.25) is 21.8 Å². The van der Waals surface area contributed by atoms with Crippen LogP contribution in [0.3, 0.4) is 0 Å². The van der Waals surface area contributed by atoms with E-state index < -0.39 is 46.1 Å². The number of rotatable bonds is 13. The number of nitrogens with one attached hydrogen (secondary N) is 3. The Morgan fingerprint density at radius 3 is 2.44 bits per heavy atom. The minimum Gasteiger partial charge on any atom is -0.479 e. The molecule has 0 radical (unpaired) electrons. The van der Waals surface area contributed by atoms with E-state index in [1.165, 1.54) is 4.90 Å². The van der Waals surface area contributed by atoms with E-state index in [0.717, 1.165) is 40.5 Å². The van der Waals surface area contributed by atoms with Crippen LogP contribution in [0.4, 0.5) is 21.9 Å². The molecule has 5 N–H and O–H groups in total. The number of piperidine rings is 2. The molecule has 0 bridgehead atoms. The van der Waals surface area contributed by atoms with Crippen LogP contribution in [0, 0.1) is 0 Å². The lowest BCUT2D eigenvalue weighted by molar-refractivity contribution is -0.139. The standard InChI is InChI=1S/C50H51ClN6O11S2/c1-50(2)25-33(52-32-11-4-8-30(24-32)44-42(51)43(68-26-40(59)60)45(69-44)48(63)64)19-22-56(50)70(66,67)27-28-7-3-10-31(23-28)53-49(65)55-20-6-9-29(18-21-55)34-14-15-36-41-35(34)12-5-13-37(41)57(47(36)62)38-16-17-39(58)54-46(38)61/h3-5,7-8,10-15,23-24,29,33,38,52H,6,9,16-22,25-27H2,1-2H3,(H,53,65)(H,59,60)(H,63,64)(H,54,58,61)/t29-,33+,38?/m1/s1. The first-order chi connectivity index (χ1) is 33.4. The number of ether oxygens (including phenoxy) is 1. The fraction of sp³-hybridized carbons (Fsp3) is 0.360. The van der Waals surface area contributed by atoms with Crippen molar-refractivity contribution in [3.63, 3.8) is 0 Å². The average molecular weight is 1010 g/mol. The average Bonchev–Trinajstić information content (AvgIpc) is 3.65. The van der Waals surface area contributed by atoms with E-state index in [9.17, 15) is 42.3 Å². The van der Waals surface area contributed by atoms with Crippen LogP contribution in [-0.4, -0.2) is 107 Å². The number of anilines is 3. The number of imide groups is 1. The molecule has 0 saturated carbocycles. The number of carbonyl (C=O) groups is 6. The summed E-state index contributed by atoms with van der Waals surface area (Å²) < 4.78 is 35.0. The Balaban J connectivity index is 0.813. The quantitative estimate of drug-likeness (QED) is 0.0704. The van der Waals surface area contributed by atoms with E-state index in [0.29, 0.717) is 71.0 Å². The van der Waals surface area contributed by atoms with Gasteiger partial charge in [-0.1, -0.05) is 54.1 Å². The molecule has 9 rings (SSSR count). The van der Waals surface area contributed by atoms with Crippen molar-refractivity contribution < 1.29 is 52.1 Å². The van der Waals surface area contributed by atoms with Gasteiger partial charge in [0.05, 0.1) is 16.3 Å². The van der Waals surface area contributed by atoms with Crippen molar-refractivity contribution in [2.75, 3.05) is 41.8 Å². The Labute approximate surface area is 412 Å². The van der Waals surface area contributed by atoms with Crippen LogP contribution in [-0.2, 0) is 30.2 Å². The van der Waals surface area contributed by atoms with E-state index >= 15 is 0 Å². The van der Waals surface area contributed by atoms with Crippen LogP contribution < -0.4 is 25.6 Å². The molecular formula is C50H51ClN6O11S2. The summed E-state index contributed by atoms with van der Waals surface area (Å²) in [6.45, 7) is 4.27. The Kier molecular flexibility index (Phi) is 13.4. The van der Waals surface area contributed by atoms with Gasteiger partial charge >= 0.3 is 18.0 Å². The fourth-order valence-corrected chi connectivity index (χ4v) is 13.8. The van der Waals surface area contributed by atoms with Gasteiger partial charge in [-0.3, -0.25) is 24.6 Å². The summed E-state index contributed by atoms with van der Waals surface area (Å²) in [5.41, 5.74) is 3.80. The monoisotopic (exact) mass is 1010 g/mol. The molecule has 5 heterocycles. The zero-order valence-electron chi connectivity index (χ0n) is 38.3. The maximum atomic E-state index is 14.1. The smallest absolute Gasteiger partial charge is 0.349 e. The van der Waals surface area contributed by atoms with Crippen molar-refractivity contribution in [2.45, 2.75) is 88.1 Å². The lowest BCUT2D eigenvalue weighted by atomic mass is 9.87. The predicted molar refractivity (Wildman–Crippen MR) is 265 cm³/mol. The first-order valence-corrected chi connectivity index (χ1v) is 25.8. The second kappa shape index (κ2) is 19.3. The number of carboxylic acid groups (broad SMARTS) is 2. The minimum atomic E-state index is -3.82.